The summed E-state index contributed by atoms with van der Waals surface area (Å²) < 4.78 is 4.81. The highest BCUT2D eigenvalue weighted by molar-refractivity contribution is 5.90. The first-order valence-electron chi connectivity index (χ1n) is 20.1. The Morgan fingerprint density at radius 1 is 0.897 bits per heavy atom. The third-order valence-corrected chi connectivity index (χ3v) is 10.7. The minimum absolute atomic E-state index is 0.0735. The molecule has 2 aromatic heterocycles. The molecule has 14 nitrogen and oxygen atoms in total. The number of ether oxygens (including phenoxy) is 1. The highest BCUT2D eigenvalue weighted by Gasteiger charge is 2.37. The molecule has 3 atom stereocenters. The Morgan fingerprint density at radius 2 is 1.55 bits per heavy atom. The molecule has 302 valence electrons. The van der Waals surface area contributed by atoms with Gasteiger partial charge in [0.15, 0.2) is 5.96 Å². The molecule has 14 heteroatoms. The van der Waals surface area contributed by atoms with E-state index in [2.05, 4.69) is 86.1 Å². The molecule has 5 N–H and O–H groups in total. The van der Waals surface area contributed by atoms with Crippen molar-refractivity contribution in [2.24, 2.45) is 10.9 Å². The second-order valence-electron chi connectivity index (χ2n) is 15.0. The van der Waals surface area contributed by atoms with Crippen molar-refractivity contribution in [2.75, 3.05) is 33.3 Å². The number of aromatic amines is 2. The summed E-state index contributed by atoms with van der Waals surface area (Å²) in [5.41, 5.74) is 6.53. The Bertz CT molecular complexity index is 2200. The maximum absolute atomic E-state index is 13.8. The number of rotatable bonds is 14. The van der Waals surface area contributed by atoms with E-state index in [1.54, 1.807) is 11.1 Å². The van der Waals surface area contributed by atoms with Gasteiger partial charge in [-0.05, 0) is 53.0 Å². The van der Waals surface area contributed by atoms with Crippen LogP contribution in [-0.2, 0) is 20.9 Å². The first-order chi connectivity index (χ1) is 28.2. The van der Waals surface area contributed by atoms with Crippen molar-refractivity contribution < 1.29 is 19.1 Å². The molecule has 1 fully saturated rings. The molecule has 58 heavy (non-hydrogen) atoms. The van der Waals surface area contributed by atoms with E-state index in [1.807, 2.05) is 60.5 Å². The minimum Gasteiger partial charge on any atom is -0.453 e. The molecule has 0 saturated carbocycles. The summed E-state index contributed by atoms with van der Waals surface area (Å²) in [4.78, 5) is 64.1. The number of methoxy groups -OCH3 is 1. The average molecular weight is 785 g/mol. The maximum atomic E-state index is 13.8. The fraction of sp³-hybridized carbons (Fsp3) is 0.364. The van der Waals surface area contributed by atoms with Gasteiger partial charge < -0.3 is 40.5 Å². The summed E-state index contributed by atoms with van der Waals surface area (Å²) in [6.45, 7) is 9.06. The van der Waals surface area contributed by atoms with Crippen molar-refractivity contribution >= 4 is 23.9 Å². The van der Waals surface area contributed by atoms with Gasteiger partial charge in [0.2, 0.25) is 11.8 Å². The van der Waals surface area contributed by atoms with Crippen LogP contribution in [0.25, 0.3) is 33.6 Å². The lowest BCUT2D eigenvalue weighted by Crippen LogP contribution is -2.53. The van der Waals surface area contributed by atoms with Crippen LogP contribution in [0.5, 0.6) is 0 Å². The number of carbonyl (C=O) groups excluding carboxylic acids is 3. The van der Waals surface area contributed by atoms with Crippen LogP contribution in [0.2, 0.25) is 0 Å². The molecule has 1 saturated heterocycles. The SMILES string of the molecule is CCCN(Cc1ncc(-c2ccc(-c3ccc(-c4cnc(C5CCCN5C(=O)C(NC5=NCCN5)C(C)C)[nH]4)cc3)cc2)[nH]1)C(=O)C(NC(=O)OC)c1ccccc1. The van der Waals surface area contributed by atoms with Crippen molar-refractivity contribution in [2.45, 2.75) is 64.7 Å². The van der Waals surface area contributed by atoms with E-state index in [0.29, 0.717) is 37.0 Å². The van der Waals surface area contributed by atoms with Crippen LogP contribution < -0.4 is 16.0 Å². The van der Waals surface area contributed by atoms with Gasteiger partial charge in [-0.1, -0.05) is 99.6 Å². The van der Waals surface area contributed by atoms with Gasteiger partial charge in [-0.15, -0.1) is 0 Å². The van der Waals surface area contributed by atoms with Crippen LogP contribution in [0, 0.1) is 5.92 Å². The average Bonchev–Trinajstić information content (AvgIpc) is 4.10. The Hall–Kier alpha value is -6.44. The summed E-state index contributed by atoms with van der Waals surface area (Å²) in [6, 6.07) is 24.4. The number of H-pyrrole nitrogens is 2. The third-order valence-electron chi connectivity index (χ3n) is 10.7. The van der Waals surface area contributed by atoms with Crippen LogP contribution >= 0.6 is 0 Å². The van der Waals surface area contributed by atoms with Gasteiger partial charge in [0.1, 0.15) is 23.7 Å². The van der Waals surface area contributed by atoms with Gasteiger partial charge in [0.05, 0.1) is 50.0 Å². The Balaban J connectivity index is 0.991. The second-order valence-corrected chi connectivity index (χ2v) is 15.0. The third kappa shape index (κ3) is 9.06. The van der Waals surface area contributed by atoms with Gasteiger partial charge in [-0.3, -0.25) is 14.6 Å². The van der Waals surface area contributed by atoms with Crippen LogP contribution in [-0.4, -0.2) is 92.9 Å². The lowest BCUT2D eigenvalue weighted by molar-refractivity contribution is -0.135. The Morgan fingerprint density at radius 3 is 2.17 bits per heavy atom. The molecule has 3 aromatic carbocycles. The second kappa shape index (κ2) is 18.2. The van der Waals surface area contributed by atoms with Crippen LogP contribution in [0.3, 0.4) is 0 Å². The van der Waals surface area contributed by atoms with Crippen molar-refractivity contribution in [3.63, 3.8) is 0 Å². The lowest BCUT2D eigenvalue weighted by Gasteiger charge is -2.30. The molecule has 0 bridgehead atoms. The summed E-state index contributed by atoms with van der Waals surface area (Å²) in [7, 11) is 1.28. The van der Waals surface area contributed by atoms with Crippen molar-refractivity contribution in [3.8, 4) is 33.6 Å². The first kappa shape index (κ1) is 39.8. The number of alkyl carbamates (subject to hydrolysis) is 1. The number of hydrogen-bond acceptors (Lipinski definition) is 9. The molecule has 4 heterocycles. The van der Waals surface area contributed by atoms with Gasteiger partial charge in [-0.25, -0.2) is 14.8 Å². The number of nitrogens with one attached hydrogen (secondary N) is 5. The number of imidazole rings is 2. The number of guanidine groups is 1. The fourth-order valence-corrected chi connectivity index (χ4v) is 7.59. The molecule has 3 amide bonds. The summed E-state index contributed by atoms with van der Waals surface area (Å²) in [5.74, 6) is 2.07. The largest absolute Gasteiger partial charge is 0.453 e. The number of likely N-dealkylation sites (tertiary alicyclic amines) is 1. The van der Waals surface area contributed by atoms with Crippen LogP contribution in [0.4, 0.5) is 4.79 Å². The number of hydrogen-bond donors (Lipinski definition) is 5. The zero-order valence-corrected chi connectivity index (χ0v) is 33.5. The van der Waals surface area contributed by atoms with E-state index in [9.17, 15) is 14.4 Å². The molecule has 0 spiro atoms. The molecular weight excluding hydrogens is 733 g/mol. The van der Waals surface area contributed by atoms with E-state index in [-0.39, 0.29) is 36.4 Å². The zero-order chi connectivity index (χ0) is 40.6. The fourth-order valence-electron chi connectivity index (χ4n) is 7.59. The molecular formula is C44H52N10O4. The van der Waals surface area contributed by atoms with Gasteiger partial charge >= 0.3 is 6.09 Å². The predicted octanol–water partition coefficient (Wildman–Crippen LogP) is 6.21. The monoisotopic (exact) mass is 784 g/mol. The van der Waals surface area contributed by atoms with Crippen molar-refractivity contribution in [1.29, 1.82) is 0 Å². The molecule has 5 aromatic rings. The number of aromatic nitrogens is 4. The summed E-state index contributed by atoms with van der Waals surface area (Å²) in [6.07, 6.45) is 5.48. The normalized spacial score (nSPS) is 16.1. The number of carbonyl (C=O) groups is 3. The van der Waals surface area contributed by atoms with E-state index in [0.717, 1.165) is 65.3 Å². The standard InChI is InChI=1S/C44H52N10O4/c1-5-23-53(41(55)39(52-44(57)58-4)33-10-7-6-8-11-33)27-37-47-25-34(49-37)31-17-13-29(14-18-31)30-15-19-32(20-16-30)35-26-48-40(50-35)36-12-9-24-54(36)42(56)38(28(2)3)51-43-45-21-22-46-43/h6-8,10-11,13-20,25-26,28,36,38-39H,5,9,12,21-24,27H2,1-4H3,(H,47,49)(H,48,50)(H,52,57)(H2,45,46,51). The topological polar surface area (TPSA) is 173 Å². The zero-order valence-electron chi connectivity index (χ0n) is 33.5. The lowest BCUT2D eigenvalue weighted by atomic mass is 10.0. The summed E-state index contributed by atoms with van der Waals surface area (Å²) >= 11 is 0. The number of aliphatic imine (C=N–C) groups is 1. The minimum atomic E-state index is -0.894. The highest BCUT2D eigenvalue weighted by Crippen LogP contribution is 2.33. The highest BCUT2D eigenvalue weighted by atomic mass is 16.5. The number of amides is 3. The van der Waals surface area contributed by atoms with E-state index >= 15 is 0 Å². The van der Waals surface area contributed by atoms with Gasteiger partial charge in [0, 0.05) is 19.6 Å². The summed E-state index contributed by atoms with van der Waals surface area (Å²) in [5, 5.41) is 9.26. The molecule has 0 aliphatic carbocycles. The quantitative estimate of drug-likeness (QED) is 0.0885. The molecule has 3 unspecified atom stereocenters. The predicted molar refractivity (Wildman–Crippen MR) is 223 cm³/mol. The van der Waals surface area contributed by atoms with Crippen LogP contribution in [0.15, 0.2) is 96.2 Å². The number of benzene rings is 3. The molecule has 0 radical (unpaired) electrons. The van der Waals surface area contributed by atoms with Crippen molar-refractivity contribution in [3.05, 3.63) is 108 Å². The smallest absolute Gasteiger partial charge is 0.407 e. The Kier molecular flexibility index (Phi) is 12.5. The number of nitrogens with zero attached hydrogens (tertiary/aromatic N) is 5. The van der Waals surface area contributed by atoms with E-state index in [4.69, 9.17) is 9.72 Å². The van der Waals surface area contributed by atoms with Crippen LogP contribution in [0.1, 0.15) is 69.3 Å². The molecule has 2 aliphatic rings. The maximum Gasteiger partial charge on any atom is 0.407 e. The molecule has 7 rings (SSSR count). The van der Waals surface area contributed by atoms with Gasteiger partial charge in [-0.2, -0.15) is 0 Å². The molecule has 2 aliphatic heterocycles. The first-order valence-corrected chi connectivity index (χ1v) is 20.1. The van der Waals surface area contributed by atoms with E-state index < -0.39 is 12.1 Å². The van der Waals surface area contributed by atoms with E-state index in [1.165, 1.54) is 7.11 Å². The van der Waals surface area contributed by atoms with Crippen molar-refractivity contribution in [1.82, 2.24) is 45.7 Å². The Labute approximate surface area is 338 Å². The van der Waals surface area contributed by atoms with Gasteiger partial charge in [0.25, 0.3) is 0 Å².